The second-order valence-corrected chi connectivity index (χ2v) is 6.14. The number of hydrogen-bond donors (Lipinski definition) is 1. The molecule has 1 aromatic carbocycles. The molecule has 0 bridgehead atoms. The Morgan fingerprint density at radius 1 is 1.13 bits per heavy atom. The van der Waals surface area contributed by atoms with Gasteiger partial charge in [0.15, 0.2) is 5.06 Å². The molecule has 4 nitrogen and oxygen atoms in total. The van der Waals surface area contributed by atoms with Crippen LogP contribution in [-0.4, -0.2) is 10.9 Å². The minimum Gasteiger partial charge on any atom is -0.447 e. The van der Waals surface area contributed by atoms with Crippen molar-refractivity contribution in [2.75, 3.05) is 0 Å². The summed E-state index contributed by atoms with van der Waals surface area (Å²) in [6.45, 7) is 2.36. The molecule has 116 valence electrons. The van der Waals surface area contributed by atoms with E-state index >= 15 is 0 Å². The van der Waals surface area contributed by atoms with Crippen LogP contribution < -0.4 is 10.1 Å². The Morgan fingerprint density at radius 3 is 2.70 bits per heavy atom. The molecule has 0 fully saturated rings. The molecule has 2 heterocycles. The van der Waals surface area contributed by atoms with Crippen LogP contribution in [0.4, 0.5) is 0 Å². The highest BCUT2D eigenvalue weighted by atomic mass is 32.1. The van der Waals surface area contributed by atoms with E-state index in [1.807, 2.05) is 55.5 Å². The van der Waals surface area contributed by atoms with Crippen molar-refractivity contribution in [2.45, 2.75) is 13.5 Å². The maximum atomic E-state index is 12.0. The SMILES string of the molecule is Cc1ccc(C(=O)NCc2ccc(Oc3ccccc3)s2)cn1. The molecule has 0 aliphatic heterocycles. The fraction of sp³-hybridized carbons (Fsp3) is 0.111. The number of para-hydroxylation sites is 1. The molecule has 0 aliphatic rings. The molecule has 0 radical (unpaired) electrons. The van der Waals surface area contributed by atoms with Gasteiger partial charge in [-0.3, -0.25) is 9.78 Å². The fourth-order valence-electron chi connectivity index (χ4n) is 1.98. The Labute approximate surface area is 138 Å². The molecular formula is C18H16N2O2S. The van der Waals surface area contributed by atoms with Crippen LogP contribution in [0.5, 0.6) is 10.8 Å². The fourth-order valence-corrected chi connectivity index (χ4v) is 2.80. The summed E-state index contributed by atoms with van der Waals surface area (Å²) in [4.78, 5) is 17.2. The van der Waals surface area contributed by atoms with Crippen LogP contribution in [0, 0.1) is 6.92 Å². The average Bonchev–Trinajstić information content (AvgIpc) is 3.02. The lowest BCUT2D eigenvalue weighted by Gasteiger charge is -2.04. The van der Waals surface area contributed by atoms with Gasteiger partial charge >= 0.3 is 0 Å². The van der Waals surface area contributed by atoms with Crippen molar-refractivity contribution in [1.82, 2.24) is 10.3 Å². The van der Waals surface area contributed by atoms with Crippen LogP contribution in [0.15, 0.2) is 60.8 Å². The van der Waals surface area contributed by atoms with Crippen molar-refractivity contribution in [3.63, 3.8) is 0 Å². The Kier molecular flexibility index (Phi) is 4.68. The number of pyridine rings is 1. The van der Waals surface area contributed by atoms with E-state index in [-0.39, 0.29) is 5.91 Å². The number of benzene rings is 1. The molecule has 0 saturated carbocycles. The predicted molar refractivity (Wildman–Crippen MR) is 91.0 cm³/mol. The van der Waals surface area contributed by atoms with E-state index in [1.54, 1.807) is 12.3 Å². The maximum absolute atomic E-state index is 12.0. The normalized spacial score (nSPS) is 10.3. The number of aryl methyl sites for hydroxylation is 1. The van der Waals surface area contributed by atoms with Crippen molar-refractivity contribution < 1.29 is 9.53 Å². The lowest BCUT2D eigenvalue weighted by molar-refractivity contribution is 0.0951. The lowest BCUT2D eigenvalue weighted by Crippen LogP contribution is -2.22. The van der Waals surface area contributed by atoms with E-state index in [9.17, 15) is 4.79 Å². The van der Waals surface area contributed by atoms with Gasteiger partial charge in [-0.1, -0.05) is 18.2 Å². The Balaban J connectivity index is 1.57. The van der Waals surface area contributed by atoms with Crippen molar-refractivity contribution in [3.8, 4) is 10.8 Å². The lowest BCUT2D eigenvalue weighted by atomic mass is 10.2. The molecular weight excluding hydrogens is 308 g/mol. The number of aromatic nitrogens is 1. The van der Waals surface area contributed by atoms with Gasteiger partial charge in [-0.25, -0.2) is 0 Å². The first-order chi connectivity index (χ1) is 11.2. The first-order valence-corrected chi connectivity index (χ1v) is 8.05. The van der Waals surface area contributed by atoms with Crippen LogP contribution in [0.1, 0.15) is 20.9 Å². The molecule has 0 unspecified atom stereocenters. The zero-order valence-electron chi connectivity index (χ0n) is 12.7. The van der Waals surface area contributed by atoms with Crippen LogP contribution in [0.2, 0.25) is 0 Å². The van der Waals surface area contributed by atoms with Gasteiger partial charge in [0.05, 0.1) is 12.1 Å². The van der Waals surface area contributed by atoms with Crippen LogP contribution in [0.25, 0.3) is 0 Å². The first kappa shape index (κ1) is 15.2. The zero-order chi connectivity index (χ0) is 16.1. The minimum absolute atomic E-state index is 0.128. The number of carbonyl (C=O) groups is 1. The number of amides is 1. The largest absolute Gasteiger partial charge is 0.447 e. The average molecular weight is 324 g/mol. The quantitative estimate of drug-likeness (QED) is 0.766. The summed E-state index contributed by atoms with van der Waals surface area (Å²) in [5.41, 5.74) is 1.45. The third kappa shape index (κ3) is 4.17. The summed E-state index contributed by atoms with van der Waals surface area (Å²) < 4.78 is 5.76. The van der Waals surface area contributed by atoms with E-state index in [2.05, 4.69) is 10.3 Å². The summed E-state index contributed by atoms with van der Waals surface area (Å²) in [6.07, 6.45) is 1.59. The number of rotatable bonds is 5. The monoisotopic (exact) mass is 324 g/mol. The van der Waals surface area contributed by atoms with E-state index in [1.165, 1.54) is 11.3 Å². The van der Waals surface area contributed by atoms with Crippen LogP contribution >= 0.6 is 11.3 Å². The third-order valence-electron chi connectivity index (χ3n) is 3.20. The highest BCUT2D eigenvalue weighted by Crippen LogP contribution is 2.29. The van der Waals surface area contributed by atoms with Gasteiger partial charge in [-0.2, -0.15) is 0 Å². The molecule has 1 N–H and O–H groups in total. The summed E-state index contributed by atoms with van der Waals surface area (Å²) in [5, 5.41) is 3.69. The Bertz CT molecular complexity index is 782. The number of thiophene rings is 1. The molecule has 0 aliphatic carbocycles. The smallest absolute Gasteiger partial charge is 0.253 e. The topological polar surface area (TPSA) is 51.2 Å². The number of hydrogen-bond acceptors (Lipinski definition) is 4. The number of nitrogens with zero attached hydrogens (tertiary/aromatic N) is 1. The Hall–Kier alpha value is -2.66. The molecule has 5 heteroatoms. The van der Waals surface area contributed by atoms with E-state index < -0.39 is 0 Å². The summed E-state index contributed by atoms with van der Waals surface area (Å²) in [6, 6.07) is 17.1. The Morgan fingerprint density at radius 2 is 1.96 bits per heavy atom. The summed E-state index contributed by atoms with van der Waals surface area (Å²) >= 11 is 1.51. The van der Waals surface area contributed by atoms with Crippen molar-refractivity contribution >= 4 is 17.2 Å². The van der Waals surface area contributed by atoms with Gasteiger partial charge in [0.1, 0.15) is 5.75 Å². The van der Waals surface area contributed by atoms with E-state index in [0.29, 0.717) is 12.1 Å². The number of nitrogens with one attached hydrogen (secondary N) is 1. The number of ether oxygens (including phenoxy) is 1. The standard InChI is InChI=1S/C18H16N2O2S/c1-13-7-8-14(11-19-13)18(21)20-12-16-9-10-17(23-16)22-15-5-3-2-4-6-15/h2-11H,12H2,1H3,(H,20,21). The van der Waals surface area contributed by atoms with Gasteiger partial charge in [0.25, 0.3) is 5.91 Å². The molecule has 0 atom stereocenters. The summed E-state index contributed by atoms with van der Waals surface area (Å²) in [7, 11) is 0. The predicted octanol–water partition coefficient (Wildman–Crippen LogP) is 4.17. The van der Waals surface area contributed by atoms with Gasteiger partial charge in [0, 0.05) is 16.8 Å². The van der Waals surface area contributed by atoms with Gasteiger partial charge < -0.3 is 10.1 Å². The molecule has 3 rings (SSSR count). The van der Waals surface area contributed by atoms with Crippen molar-refractivity contribution in [3.05, 3.63) is 76.9 Å². The maximum Gasteiger partial charge on any atom is 0.253 e. The van der Waals surface area contributed by atoms with E-state index in [4.69, 9.17) is 4.74 Å². The third-order valence-corrected chi connectivity index (χ3v) is 4.16. The van der Waals surface area contributed by atoms with Crippen LogP contribution in [0.3, 0.4) is 0 Å². The number of carbonyl (C=O) groups excluding carboxylic acids is 1. The highest BCUT2D eigenvalue weighted by molar-refractivity contribution is 7.13. The second kappa shape index (κ2) is 7.07. The highest BCUT2D eigenvalue weighted by Gasteiger charge is 2.07. The van der Waals surface area contributed by atoms with Crippen LogP contribution in [-0.2, 0) is 6.54 Å². The van der Waals surface area contributed by atoms with Crippen molar-refractivity contribution in [1.29, 1.82) is 0 Å². The summed E-state index contributed by atoms with van der Waals surface area (Å²) in [5.74, 6) is 0.673. The van der Waals surface area contributed by atoms with Gasteiger partial charge in [-0.15, -0.1) is 11.3 Å². The zero-order valence-corrected chi connectivity index (χ0v) is 13.5. The van der Waals surface area contributed by atoms with Gasteiger partial charge in [0.2, 0.25) is 0 Å². The van der Waals surface area contributed by atoms with Crippen molar-refractivity contribution in [2.24, 2.45) is 0 Å². The second-order valence-electron chi connectivity index (χ2n) is 5.01. The molecule has 1 amide bonds. The minimum atomic E-state index is -0.128. The van der Waals surface area contributed by atoms with Gasteiger partial charge in [-0.05, 0) is 43.3 Å². The molecule has 0 saturated heterocycles. The first-order valence-electron chi connectivity index (χ1n) is 7.23. The molecule has 0 spiro atoms. The molecule has 2 aromatic heterocycles. The molecule has 23 heavy (non-hydrogen) atoms. The van der Waals surface area contributed by atoms with E-state index in [0.717, 1.165) is 21.4 Å². The molecule has 3 aromatic rings.